The summed E-state index contributed by atoms with van der Waals surface area (Å²) in [4.78, 5) is 10.4. The number of hydrogen-bond donors (Lipinski definition) is 1. The number of aryl methyl sites for hydroxylation is 1. The molecule has 0 atom stereocenters. The SMILES string of the molecule is C#Cc1cc(C(=O)O)n(C)n1. The van der Waals surface area contributed by atoms with E-state index in [1.807, 2.05) is 0 Å². The summed E-state index contributed by atoms with van der Waals surface area (Å²) in [6.07, 6.45) is 5.01. The van der Waals surface area contributed by atoms with Crippen LogP contribution in [0, 0.1) is 12.3 Å². The molecule has 0 amide bonds. The number of carboxylic acids is 1. The largest absolute Gasteiger partial charge is 0.477 e. The van der Waals surface area contributed by atoms with Gasteiger partial charge in [-0.15, -0.1) is 6.42 Å². The van der Waals surface area contributed by atoms with Gasteiger partial charge in [-0.1, -0.05) is 0 Å². The van der Waals surface area contributed by atoms with E-state index in [1.165, 1.54) is 17.8 Å². The maximum atomic E-state index is 10.4. The van der Waals surface area contributed by atoms with Crippen LogP contribution in [0.25, 0.3) is 0 Å². The normalized spacial score (nSPS) is 9.09. The lowest BCUT2D eigenvalue weighted by molar-refractivity contribution is 0.0685. The summed E-state index contributed by atoms with van der Waals surface area (Å²) in [7, 11) is 1.53. The van der Waals surface area contributed by atoms with Crippen LogP contribution in [0.4, 0.5) is 0 Å². The van der Waals surface area contributed by atoms with E-state index in [9.17, 15) is 4.79 Å². The lowest BCUT2D eigenvalue weighted by atomic mass is 10.3. The van der Waals surface area contributed by atoms with Crippen LogP contribution < -0.4 is 0 Å². The lowest BCUT2D eigenvalue weighted by Crippen LogP contribution is -2.04. The van der Waals surface area contributed by atoms with Crippen molar-refractivity contribution in [1.82, 2.24) is 9.78 Å². The first-order valence-electron chi connectivity index (χ1n) is 2.89. The van der Waals surface area contributed by atoms with Gasteiger partial charge in [0.2, 0.25) is 0 Å². The quantitative estimate of drug-likeness (QED) is 0.577. The predicted molar refractivity (Wildman–Crippen MR) is 38.1 cm³/mol. The Kier molecular flexibility index (Phi) is 1.65. The van der Waals surface area contributed by atoms with Crippen molar-refractivity contribution < 1.29 is 9.90 Å². The first kappa shape index (κ1) is 7.35. The molecule has 0 unspecified atom stereocenters. The van der Waals surface area contributed by atoms with Crippen molar-refractivity contribution in [3.63, 3.8) is 0 Å². The summed E-state index contributed by atoms with van der Waals surface area (Å²) in [5.74, 6) is 1.22. The number of hydrogen-bond acceptors (Lipinski definition) is 2. The third kappa shape index (κ3) is 1.22. The molecule has 0 aromatic carbocycles. The number of aromatic nitrogens is 2. The molecule has 1 aromatic heterocycles. The standard InChI is InChI=1S/C7H6N2O2/c1-3-5-4-6(7(10)11)9(2)8-5/h1,4H,2H3,(H,10,11). The third-order valence-electron chi connectivity index (χ3n) is 1.25. The number of carbonyl (C=O) groups is 1. The zero-order chi connectivity index (χ0) is 8.43. The van der Waals surface area contributed by atoms with Gasteiger partial charge in [0, 0.05) is 13.1 Å². The summed E-state index contributed by atoms with van der Waals surface area (Å²) >= 11 is 0. The molecule has 0 aliphatic rings. The summed E-state index contributed by atoms with van der Waals surface area (Å²) in [5.41, 5.74) is 0.433. The fourth-order valence-electron chi connectivity index (χ4n) is 0.738. The van der Waals surface area contributed by atoms with Crippen LogP contribution in [-0.4, -0.2) is 20.9 Å². The molecule has 1 heterocycles. The fraction of sp³-hybridized carbons (Fsp3) is 0.143. The number of nitrogens with zero attached hydrogens (tertiary/aromatic N) is 2. The van der Waals surface area contributed by atoms with Gasteiger partial charge in [-0.3, -0.25) is 4.68 Å². The summed E-state index contributed by atoms with van der Waals surface area (Å²) in [6.45, 7) is 0. The molecule has 56 valence electrons. The van der Waals surface area contributed by atoms with Gasteiger partial charge in [-0.05, 0) is 5.92 Å². The first-order valence-corrected chi connectivity index (χ1v) is 2.89. The number of aromatic carboxylic acids is 1. The fourth-order valence-corrected chi connectivity index (χ4v) is 0.738. The van der Waals surface area contributed by atoms with Gasteiger partial charge in [-0.2, -0.15) is 5.10 Å². The summed E-state index contributed by atoms with van der Waals surface area (Å²) in [6, 6.07) is 1.35. The molecule has 0 saturated carbocycles. The monoisotopic (exact) mass is 150 g/mol. The van der Waals surface area contributed by atoms with Crippen LogP contribution in [0.1, 0.15) is 16.2 Å². The van der Waals surface area contributed by atoms with Gasteiger partial charge in [0.05, 0.1) is 0 Å². The van der Waals surface area contributed by atoms with E-state index in [0.29, 0.717) is 5.69 Å². The average Bonchev–Trinajstić information content (AvgIpc) is 2.30. The third-order valence-corrected chi connectivity index (χ3v) is 1.25. The Morgan fingerprint density at radius 3 is 2.82 bits per heavy atom. The Morgan fingerprint density at radius 1 is 1.91 bits per heavy atom. The van der Waals surface area contributed by atoms with Gasteiger partial charge in [0.25, 0.3) is 0 Å². The highest BCUT2D eigenvalue weighted by atomic mass is 16.4. The second-order valence-corrected chi connectivity index (χ2v) is 1.99. The molecule has 1 aromatic rings. The minimum absolute atomic E-state index is 0.0953. The average molecular weight is 150 g/mol. The van der Waals surface area contributed by atoms with E-state index < -0.39 is 5.97 Å². The van der Waals surface area contributed by atoms with E-state index in [4.69, 9.17) is 11.5 Å². The second kappa shape index (κ2) is 2.46. The minimum Gasteiger partial charge on any atom is -0.477 e. The maximum absolute atomic E-state index is 10.4. The number of carboxylic acid groups (broad SMARTS) is 1. The van der Waals surface area contributed by atoms with Crippen molar-refractivity contribution in [2.24, 2.45) is 7.05 Å². The van der Waals surface area contributed by atoms with Gasteiger partial charge in [0.1, 0.15) is 11.4 Å². The first-order chi connectivity index (χ1) is 5.15. The second-order valence-electron chi connectivity index (χ2n) is 1.99. The van der Waals surface area contributed by atoms with Crippen LogP contribution in [0.15, 0.2) is 6.07 Å². The molecular weight excluding hydrogens is 144 g/mol. The zero-order valence-corrected chi connectivity index (χ0v) is 5.90. The predicted octanol–water partition coefficient (Wildman–Crippen LogP) is 0.0996. The number of terminal acetylenes is 1. The molecule has 0 radical (unpaired) electrons. The van der Waals surface area contributed by atoms with E-state index >= 15 is 0 Å². The Labute approximate surface area is 63.5 Å². The van der Waals surface area contributed by atoms with Crippen LogP contribution in [0.5, 0.6) is 0 Å². The van der Waals surface area contributed by atoms with Crippen molar-refractivity contribution in [2.75, 3.05) is 0 Å². The molecule has 1 rings (SSSR count). The van der Waals surface area contributed by atoms with Crippen LogP contribution >= 0.6 is 0 Å². The Hall–Kier alpha value is -1.76. The zero-order valence-electron chi connectivity index (χ0n) is 5.90. The molecule has 0 bridgehead atoms. The van der Waals surface area contributed by atoms with Crippen molar-refractivity contribution in [3.8, 4) is 12.3 Å². The van der Waals surface area contributed by atoms with Crippen molar-refractivity contribution in [3.05, 3.63) is 17.5 Å². The highest BCUT2D eigenvalue weighted by molar-refractivity contribution is 5.85. The molecule has 0 aliphatic carbocycles. The number of rotatable bonds is 1. The Bertz CT molecular complexity index is 333. The lowest BCUT2D eigenvalue weighted by Gasteiger charge is -1.90. The summed E-state index contributed by atoms with van der Waals surface area (Å²) in [5, 5.41) is 12.3. The van der Waals surface area contributed by atoms with E-state index in [2.05, 4.69) is 11.0 Å². The molecule has 0 aliphatic heterocycles. The van der Waals surface area contributed by atoms with Crippen LogP contribution in [0.3, 0.4) is 0 Å². The minimum atomic E-state index is -1.03. The molecule has 0 spiro atoms. The summed E-state index contributed by atoms with van der Waals surface area (Å²) < 4.78 is 1.23. The topological polar surface area (TPSA) is 55.1 Å². The molecule has 4 nitrogen and oxygen atoms in total. The molecule has 11 heavy (non-hydrogen) atoms. The molecule has 4 heteroatoms. The van der Waals surface area contributed by atoms with Crippen molar-refractivity contribution in [2.45, 2.75) is 0 Å². The van der Waals surface area contributed by atoms with Gasteiger partial charge in [0.15, 0.2) is 0 Å². The smallest absolute Gasteiger partial charge is 0.354 e. The highest BCUT2D eigenvalue weighted by Gasteiger charge is 2.09. The Morgan fingerprint density at radius 2 is 2.55 bits per heavy atom. The van der Waals surface area contributed by atoms with Crippen LogP contribution in [0.2, 0.25) is 0 Å². The molecule has 1 N–H and O–H groups in total. The van der Waals surface area contributed by atoms with Gasteiger partial charge >= 0.3 is 5.97 Å². The van der Waals surface area contributed by atoms with Gasteiger partial charge < -0.3 is 5.11 Å². The molecular formula is C7H6N2O2. The molecule has 0 fully saturated rings. The molecule has 0 saturated heterocycles. The Balaban J connectivity index is 3.20. The van der Waals surface area contributed by atoms with E-state index in [1.54, 1.807) is 0 Å². The highest BCUT2D eigenvalue weighted by Crippen LogP contribution is 2.00. The van der Waals surface area contributed by atoms with E-state index in [-0.39, 0.29) is 5.69 Å². The van der Waals surface area contributed by atoms with Crippen LogP contribution in [-0.2, 0) is 7.05 Å². The van der Waals surface area contributed by atoms with Gasteiger partial charge in [-0.25, -0.2) is 4.79 Å². The van der Waals surface area contributed by atoms with Crippen molar-refractivity contribution in [1.29, 1.82) is 0 Å². The maximum Gasteiger partial charge on any atom is 0.354 e. The van der Waals surface area contributed by atoms with E-state index in [0.717, 1.165) is 0 Å². The van der Waals surface area contributed by atoms with Crippen molar-refractivity contribution >= 4 is 5.97 Å².